The topological polar surface area (TPSA) is 21.3 Å². The van der Waals surface area contributed by atoms with E-state index in [1.54, 1.807) is 7.11 Å². The smallest absolute Gasteiger partial charge is 0.0713 e. The number of ether oxygens (including phenoxy) is 1. The molecule has 17 heavy (non-hydrogen) atoms. The van der Waals surface area contributed by atoms with Gasteiger partial charge in [-0.3, -0.25) is 5.32 Å². The van der Waals surface area contributed by atoms with Crippen molar-refractivity contribution >= 4 is 0 Å². The molecule has 1 aromatic carbocycles. The molecular weight excluding hydrogens is 210 g/mol. The van der Waals surface area contributed by atoms with Gasteiger partial charge in [0.25, 0.3) is 0 Å². The Hall–Kier alpha value is -1.30. The van der Waals surface area contributed by atoms with Crippen molar-refractivity contribution in [3.8, 4) is 12.3 Å². The van der Waals surface area contributed by atoms with E-state index < -0.39 is 0 Å². The first kappa shape index (κ1) is 13.8. The van der Waals surface area contributed by atoms with Crippen molar-refractivity contribution in [3.05, 3.63) is 35.4 Å². The van der Waals surface area contributed by atoms with Gasteiger partial charge in [0.2, 0.25) is 0 Å². The van der Waals surface area contributed by atoms with Gasteiger partial charge >= 0.3 is 0 Å². The van der Waals surface area contributed by atoms with E-state index >= 15 is 0 Å². The van der Waals surface area contributed by atoms with E-state index in [9.17, 15) is 0 Å². The minimum absolute atomic E-state index is 0.172. The van der Waals surface area contributed by atoms with Gasteiger partial charge in [0.1, 0.15) is 0 Å². The van der Waals surface area contributed by atoms with Crippen LogP contribution < -0.4 is 5.32 Å². The second kappa shape index (κ2) is 7.89. The van der Waals surface area contributed by atoms with Gasteiger partial charge in [0.05, 0.1) is 12.6 Å². The fraction of sp³-hybridized carbons (Fsp3) is 0.467. The Morgan fingerprint density at radius 2 is 2.18 bits per heavy atom. The summed E-state index contributed by atoms with van der Waals surface area (Å²) in [5.74, 6) is 2.78. The molecule has 0 radical (unpaired) electrons. The molecule has 0 amide bonds. The van der Waals surface area contributed by atoms with Gasteiger partial charge in [-0.1, -0.05) is 43.5 Å². The molecular formula is C15H21NO. The second-order valence-corrected chi connectivity index (χ2v) is 4.14. The molecule has 0 aliphatic rings. The molecule has 0 aromatic heterocycles. The van der Waals surface area contributed by atoms with Crippen LogP contribution >= 0.6 is 0 Å². The second-order valence-electron chi connectivity index (χ2n) is 4.14. The van der Waals surface area contributed by atoms with Crippen molar-refractivity contribution in [1.82, 2.24) is 5.32 Å². The van der Waals surface area contributed by atoms with Crippen LogP contribution in [0.3, 0.4) is 0 Å². The summed E-state index contributed by atoms with van der Waals surface area (Å²) in [7, 11) is 1.71. The molecule has 1 rings (SSSR count). The van der Waals surface area contributed by atoms with Gasteiger partial charge in [-0.05, 0) is 17.5 Å². The molecule has 1 unspecified atom stereocenters. The summed E-state index contributed by atoms with van der Waals surface area (Å²) in [6, 6.07) is 8.54. The van der Waals surface area contributed by atoms with Crippen molar-refractivity contribution in [2.24, 2.45) is 0 Å². The number of methoxy groups -OCH3 is 1. The van der Waals surface area contributed by atoms with Crippen molar-refractivity contribution in [2.75, 3.05) is 7.11 Å². The van der Waals surface area contributed by atoms with Gasteiger partial charge in [-0.25, -0.2) is 0 Å². The number of hydrogen-bond acceptors (Lipinski definition) is 2. The van der Waals surface area contributed by atoms with E-state index in [1.807, 2.05) is 0 Å². The van der Waals surface area contributed by atoms with Crippen LogP contribution in [0.25, 0.3) is 0 Å². The number of rotatable bonds is 7. The Morgan fingerprint density at radius 3 is 2.82 bits per heavy atom. The Bertz CT molecular complexity index is 367. The quantitative estimate of drug-likeness (QED) is 0.729. The number of benzene rings is 1. The first-order chi connectivity index (χ1) is 8.30. The molecule has 0 bridgehead atoms. The number of nitrogens with one attached hydrogen (secondary N) is 1. The summed E-state index contributed by atoms with van der Waals surface area (Å²) in [6.07, 6.45) is 7.59. The molecule has 1 aromatic rings. The van der Waals surface area contributed by atoms with Crippen molar-refractivity contribution in [2.45, 2.75) is 39.0 Å². The lowest BCUT2D eigenvalue weighted by atomic mass is 10.1. The maximum absolute atomic E-state index is 5.47. The standard InChI is InChI=1S/C15H21NO/c1-4-7-15(5-2)16-11-13-8-6-9-14(10-13)12-17-3/h2,6,8-10,15-16H,4,7,11-12H2,1,3H3. The average molecular weight is 231 g/mol. The van der Waals surface area contributed by atoms with Gasteiger partial charge in [-0.2, -0.15) is 0 Å². The van der Waals surface area contributed by atoms with E-state index in [1.165, 1.54) is 11.1 Å². The summed E-state index contributed by atoms with van der Waals surface area (Å²) in [5, 5.41) is 3.38. The lowest BCUT2D eigenvalue weighted by Gasteiger charge is -2.12. The largest absolute Gasteiger partial charge is 0.380 e. The van der Waals surface area contributed by atoms with Crippen LogP contribution in [0.15, 0.2) is 24.3 Å². The molecule has 0 aliphatic heterocycles. The van der Waals surface area contributed by atoms with E-state index in [-0.39, 0.29) is 6.04 Å². The highest BCUT2D eigenvalue weighted by atomic mass is 16.5. The predicted molar refractivity (Wildman–Crippen MR) is 71.5 cm³/mol. The van der Waals surface area contributed by atoms with Gasteiger partial charge < -0.3 is 4.74 Å². The van der Waals surface area contributed by atoms with Gasteiger partial charge in [0, 0.05) is 13.7 Å². The van der Waals surface area contributed by atoms with Gasteiger partial charge in [0.15, 0.2) is 0 Å². The SMILES string of the molecule is C#CC(CCC)NCc1cccc(COC)c1. The molecule has 0 spiro atoms. The van der Waals surface area contributed by atoms with Crippen LogP contribution in [0, 0.1) is 12.3 Å². The average Bonchev–Trinajstić information content (AvgIpc) is 2.35. The van der Waals surface area contributed by atoms with Crippen LogP contribution in [-0.2, 0) is 17.9 Å². The third-order valence-electron chi connectivity index (χ3n) is 2.63. The Balaban J connectivity index is 2.51. The summed E-state index contributed by atoms with van der Waals surface area (Å²) in [6.45, 7) is 3.61. The fourth-order valence-electron chi connectivity index (χ4n) is 1.77. The normalized spacial score (nSPS) is 12.1. The highest BCUT2D eigenvalue weighted by Crippen LogP contribution is 2.07. The van der Waals surface area contributed by atoms with E-state index in [0.717, 1.165) is 19.4 Å². The number of terminal acetylenes is 1. The fourth-order valence-corrected chi connectivity index (χ4v) is 1.77. The van der Waals surface area contributed by atoms with Crippen molar-refractivity contribution in [3.63, 3.8) is 0 Å². The molecule has 1 N–H and O–H groups in total. The third kappa shape index (κ3) is 5.04. The minimum atomic E-state index is 0.172. The molecule has 2 heteroatoms. The maximum Gasteiger partial charge on any atom is 0.0713 e. The monoisotopic (exact) mass is 231 g/mol. The van der Waals surface area contributed by atoms with E-state index in [2.05, 4.69) is 42.4 Å². The third-order valence-corrected chi connectivity index (χ3v) is 2.63. The summed E-state index contributed by atoms with van der Waals surface area (Å²) >= 11 is 0. The predicted octanol–water partition coefficient (Wildman–Crippen LogP) is 2.72. The summed E-state index contributed by atoms with van der Waals surface area (Å²) in [5.41, 5.74) is 2.44. The molecule has 0 fully saturated rings. The van der Waals surface area contributed by atoms with Crippen LogP contribution in [0.1, 0.15) is 30.9 Å². The van der Waals surface area contributed by atoms with E-state index in [4.69, 9.17) is 11.2 Å². The maximum atomic E-state index is 5.47. The van der Waals surface area contributed by atoms with Crippen molar-refractivity contribution in [1.29, 1.82) is 0 Å². The number of hydrogen-bond donors (Lipinski definition) is 1. The minimum Gasteiger partial charge on any atom is -0.380 e. The molecule has 2 nitrogen and oxygen atoms in total. The molecule has 0 saturated carbocycles. The first-order valence-corrected chi connectivity index (χ1v) is 6.06. The van der Waals surface area contributed by atoms with E-state index in [0.29, 0.717) is 6.61 Å². The molecule has 0 aliphatic carbocycles. The summed E-state index contributed by atoms with van der Waals surface area (Å²) < 4.78 is 5.12. The van der Waals surface area contributed by atoms with Crippen molar-refractivity contribution < 1.29 is 4.74 Å². The van der Waals surface area contributed by atoms with Crippen LogP contribution in [0.5, 0.6) is 0 Å². The zero-order valence-electron chi connectivity index (χ0n) is 10.7. The lowest BCUT2D eigenvalue weighted by molar-refractivity contribution is 0.185. The highest BCUT2D eigenvalue weighted by molar-refractivity contribution is 5.23. The Labute approximate surface area is 104 Å². The molecule has 0 saturated heterocycles. The first-order valence-electron chi connectivity index (χ1n) is 6.06. The van der Waals surface area contributed by atoms with Crippen LogP contribution in [0.4, 0.5) is 0 Å². The highest BCUT2D eigenvalue weighted by Gasteiger charge is 2.03. The van der Waals surface area contributed by atoms with Crippen LogP contribution in [-0.4, -0.2) is 13.2 Å². The van der Waals surface area contributed by atoms with Crippen LogP contribution in [0.2, 0.25) is 0 Å². The summed E-state index contributed by atoms with van der Waals surface area (Å²) in [4.78, 5) is 0. The van der Waals surface area contributed by atoms with Gasteiger partial charge in [-0.15, -0.1) is 6.42 Å². The Kier molecular flexibility index (Phi) is 6.39. The Morgan fingerprint density at radius 1 is 1.41 bits per heavy atom. The molecule has 1 atom stereocenters. The zero-order valence-corrected chi connectivity index (χ0v) is 10.7. The molecule has 0 heterocycles. The zero-order chi connectivity index (χ0) is 12.5. The lowest BCUT2D eigenvalue weighted by Crippen LogP contribution is -2.26. The molecule has 92 valence electrons.